The monoisotopic (exact) mass is 459 g/mol. The molecule has 8 nitrogen and oxygen atoms in total. The smallest absolute Gasteiger partial charge is 0.252 e. The van der Waals surface area contributed by atoms with Gasteiger partial charge in [0.05, 0.1) is 17.3 Å². The standard InChI is InChI=1S/C21H22ClN5O3S/c1-31(29,30)17-12-23-20-24-13-25-27(20)18(17)14-6-10-26(11-7-14)19(28)21(8-9-21)15-2-4-16(22)5-3-15/h2-5,12-14H,6-11H2,1H3. The number of sulfone groups is 1. The second-order valence-electron chi connectivity index (χ2n) is 8.41. The first-order valence-corrected chi connectivity index (χ1v) is 12.5. The van der Waals surface area contributed by atoms with Crippen LogP contribution in [0.5, 0.6) is 0 Å². The van der Waals surface area contributed by atoms with Crippen molar-refractivity contribution in [1.29, 1.82) is 0 Å². The van der Waals surface area contributed by atoms with E-state index in [9.17, 15) is 13.2 Å². The highest BCUT2D eigenvalue weighted by Gasteiger charge is 2.53. The predicted molar refractivity (Wildman–Crippen MR) is 115 cm³/mol. The molecular formula is C21H22ClN5O3S. The number of benzene rings is 1. The fraction of sp³-hybridized carbons (Fsp3) is 0.429. The van der Waals surface area contributed by atoms with Gasteiger partial charge in [-0.1, -0.05) is 23.7 Å². The van der Waals surface area contributed by atoms with Gasteiger partial charge >= 0.3 is 0 Å². The maximum Gasteiger partial charge on any atom is 0.252 e. The van der Waals surface area contributed by atoms with Crippen molar-refractivity contribution in [2.75, 3.05) is 19.3 Å². The van der Waals surface area contributed by atoms with E-state index in [1.807, 2.05) is 29.2 Å². The molecule has 1 aromatic carbocycles. The third-order valence-corrected chi connectivity index (χ3v) is 7.80. The second-order valence-corrected chi connectivity index (χ2v) is 10.8. The average molecular weight is 460 g/mol. The van der Waals surface area contributed by atoms with Crippen molar-refractivity contribution in [3.8, 4) is 0 Å². The summed E-state index contributed by atoms with van der Waals surface area (Å²) in [4.78, 5) is 23.7. The minimum absolute atomic E-state index is 0.0494. The maximum absolute atomic E-state index is 13.4. The molecule has 1 saturated heterocycles. The molecule has 10 heteroatoms. The van der Waals surface area contributed by atoms with Gasteiger partial charge < -0.3 is 4.90 Å². The first-order valence-electron chi connectivity index (χ1n) is 10.2. The van der Waals surface area contributed by atoms with E-state index in [0.717, 1.165) is 18.4 Å². The molecule has 0 radical (unpaired) electrons. The number of rotatable bonds is 4. The molecule has 0 spiro atoms. The van der Waals surface area contributed by atoms with Gasteiger partial charge in [-0.15, -0.1) is 0 Å². The van der Waals surface area contributed by atoms with Crippen molar-refractivity contribution in [3.63, 3.8) is 0 Å². The number of piperidine rings is 1. The van der Waals surface area contributed by atoms with Crippen LogP contribution in [0.2, 0.25) is 5.02 Å². The van der Waals surface area contributed by atoms with Gasteiger partial charge in [0, 0.05) is 30.3 Å². The molecule has 1 amide bonds. The van der Waals surface area contributed by atoms with Gasteiger partial charge in [-0.25, -0.2) is 13.4 Å². The van der Waals surface area contributed by atoms with Crippen molar-refractivity contribution in [2.45, 2.75) is 41.9 Å². The topological polar surface area (TPSA) is 97.5 Å². The van der Waals surface area contributed by atoms with E-state index < -0.39 is 15.3 Å². The number of halogens is 1. The molecule has 1 saturated carbocycles. The summed E-state index contributed by atoms with van der Waals surface area (Å²) in [5, 5.41) is 4.86. The molecular weight excluding hydrogens is 438 g/mol. The van der Waals surface area contributed by atoms with Crippen LogP contribution < -0.4 is 0 Å². The van der Waals surface area contributed by atoms with Crippen LogP contribution in [0.4, 0.5) is 0 Å². The van der Waals surface area contributed by atoms with Crippen LogP contribution in [0.3, 0.4) is 0 Å². The number of fused-ring (bicyclic) bond motifs is 1. The Balaban J connectivity index is 1.39. The lowest BCUT2D eigenvalue weighted by molar-refractivity contribution is -0.135. The van der Waals surface area contributed by atoms with Crippen LogP contribution in [0.25, 0.3) is 5.78 Å². The van der Waals surface area contributed by atoms with Crippen molar-refractivity contribution >= 4 is 33.1 Å². The second kappa shape index (κ2) is 7.27. The van der Waals surface area contributed by atoms with E-state index in [1.54, 1.807) is 0 Å². The zero-order chi connectivity index (χ0) is 21.8. The first-order chi connectivity index (χ1) is 14.8. The van der Waals surface area contributed by atoms with Crippen LogP contribution in [-0.4, -0.2) is 58.2 Å². The third kappa shape index (κ3) is 3.49. The quantitative estimate of drug-likeness (QED) is 0.594. The number of likely N-dealkylation sites (tertiary alicyclic amines) is 1. The molecule has 2 aliphatic rings. The number of aromatic nitrogens is 4. The van der Waals surface area contributed by atoms with Crippen LogP contribution in [0.15, 0.2) is 41.7 Å². The van der Waals surface area contributed by atoms with Gasteiger partial charge in [-0.3, -0.25) is 4.79 Å². The summed E-state index contributed by atoms with van der Waals surface area (Å²) < 4.78 is 26.3. The third-order valence-electron chi connectivity index (χ3n) is 6.43. The van der Waals surface area contributed by atoms with Crippen molar-refractivity contribution in [1.82, 2.24) is 24.5 Å². The molecule has 2 fully saturated rings. The van der Waals surface area contributed by atoms with E-state index in [2.05, 4.69) is 15.1 Å². The van der Waals surface area contributed by atoms with E-state index in [-0.39, 0.29) is 16.7 Å². The van der Waals surface area contributed by atoms with Crippen molar-refractivity contribution in [2.24, 2.45) is 0 Å². The summed E-state index contributed by atoms with van der Waals surface area (Å²) in [6.07, 6.45) is 6.92. The largest absolute Gasteiger partial charge is 0.342 e. The lowest BCUT2D eigenvalue weighted by Crippen LogP contribution is -2.44. The molecule has 0 unspecified atom stereocenters. The van der Waals surface area contributed by atoms with E-state index in [4.69, 9.17) is 11.6 Å². The molecule has 3 aromatic rings. The Bertz CT molecular complexity index is 1260. The van der Waals surface area contributed by atoms with Crippen LogP contribution in [0.1, 0.15) is 42.9 Å². The normalized spacial score (nSPS) is 19.0. The summed E-state index contributed by atoms with van der Waals surface area (Å²) in [5.74, 6) is 0.476. The number of hydrogen-bond donors (Lipinski definition) is 0. The molecule has 1 aliphatic carbocycles. The zero-order valence-electron chi connectivity index (χ0n) is 17.0. The SMILES string of the molecule is CS(=O)(=O)c1cnc2ncnn2c1C1CCN(C(=O)C2(c3ccc(Cl)cc3)CC2)CC1. The summed E-state index contributed by atoms with van der Waals surface area (Å²) in [6.45, 7) is 1.14. The summed E-state index contributed by atoms with van der Waals surface area (Å²) in [7, 11) is -3.48. The lowest BCUT2D eigenvalue weighted by atomic mass is 9.90. The Hall–Kier alpha value is -2.52. The number of amides is 1. The number of carbonyl (C=O) groups excluding carboxylic acids is 1. The summed E-state index contributed by atoms with van der Waals surface area (Å²) >= 11 is 6.01. The zero-order valence-corrected chi connectivity index (χ0v) is 18.6. The average Bonchev–Trinajstić information content (AvgIpc) is 3.42. The fourth-order valence-corrected chi connectivity index (χ4v) is 5.62. The van der Waals surface area contributed by atoms with E-state index in [1.165, 1.54) is 23.3 Å². The molecule has 31 heavy (non-hydrogen) atoms. The predicted octanol–water partition coefficient (Wildman–Crippen LogP) is 2.62. The van der Waals surface area contributed by atoms with Gasteiger partial charge in [0.25, 0.3) is 5.78 Å². The molecule has 3 heterocycles. The van der Waals surface area contributed by atoms with Crippen LogP contribution in [0, 0.1) is 0 Å². The molecule has 162 valence electrons. The van der Waals surface area contributed by atoms with Crippen LogP contribution in [-0.2, 0) is 20.0 Å². The number of hydrogen-bond acceptors (Lipinski definition) is 6. The highest BCUT2D eigenvalue weighted by molar-refractivity contribution is 7.90. The Morgan fingerprint density at radius 2 is 1.81 bits per heavy atom. The van der Waals surface area contributed by atoms with Crippen LogP contribution >= 0.6 is 11.6 Å². The van der Waals surface area contributed by atoms with E-state index in [0.29, 0.717) is 42.4 Å². The minimum Gasteiger partial charge on any atom is -0.342 e. The Morgan fingerprint density at radius 3 is 2.42 bits per heavy atom. The molecule has 5 rings (SSSR count). The highest BCUT2D eigenvalue weighted by atomic mass is 35.5. The van der Waals surface area contributed by atoms with Crippen molar-refractivity contribution in [3.05, 3.63) is 53.1 Å². The van der Waals surface area contributed by atoms with Gasteiger partial charge in [-0.2, -0.15) is 14.6 Å². The van der Waals surface area contributed by atoms with Gasteiger partial charge in [-0.05, 0) is 43.4 Å². The summed E-state index contributed by atoms with van der Waals surface area (Å²) in [6, 6.07) is 7.54. The molecule has 0 N–H and O–H groups in total. The number of carbonyl (C=O) groups is 1. The summed E-state index contributed by atoms with van der Waals surface area (Å²) in [5.41, 5.74) is 1.18. The van der Waals surface area contributed by atoms with E-state index >= 15 is 0 Å². The maximum atomic E-state index is 13.4. The van der Waals surface area contributed by atoms with Crippen molar-refractivity contribution < 1.29 is 13.2 Å². The minimum atomic E-state index is -3.48. The molecule has 2 aromatic heterocycles. The molecule has 0 bridgehead atoms. The van der Waals surface area contributed by atoms with Gasteiger partial charge in [0.2, 0.25) is 5.91 Å². The Labute approximate surface area is 185 Å². The molecule has 1 aliphatic heterocycles. The molecule has 0 atom stereocenters. The lowest BCUT2D eigenvalue weighted by Gasteiger charge is -2.35. The Kier molecular flexibility index (Phi) is 4.78. The highest BCUT2D eigenvalue weighted by Crippen LogP contribution is 2.50. The van der Waals surface area contributed by atoms with Gasteiger partial charge in [0.15, 0.2) is 9.84 Å². The fourth-order valence-electron chi connectivity index (χ4n) is 4.62. The van der Waals surface area contributed by atoms with Gasteiger partial charge in [0.1, 0.15) is 11.2 Å². The Morgan fingerprint density at radius 1 is 1.13 bits per heavy atom. The first kappa shape index (κ1) is 20.4. The number of nitrogens with zero attached hydrogens (tertiary/aromatic N) is 5.